The van der Waals surface area contributed by atoms with Crippen LogP contribution in [0.4, 0.5) is 24.5 Å². The highest BCUT2D eigenvalue weighted by Crippen LogP contribution is 2.36. The summed E-state index contributed by atoms with van der Waals surface area (Å²) in [5.41, 5.74) is -0.855. The number of oxazole rings is 1. The number of hydrogen-bond donors (Lipinski definition) is 2. The topological polar surface area (TPSA) is 84.2 Å². The number of carbonyl (C=O) groups is 2. The van der Waals surface area contributed by atoms with Crippen molar-refractivity contribution in [3.05, 3.63) is 65.1 Å². The second kappa shape index (κ2) is 9.22. The fourth-order valence-corrected chi connectivity index (χ4v) is 3.04. The fraction of sp³-hybridized carbons (Fsp3) is 0.190. The van der Waals surface area contributed by atoms with E-state index >= 15 is 0 Å². The van der Waals surface area contributed by atoms with Crippen LogP contribution in [0.15, 0.2) is 53.1 Å². The average molecular weight is 452 g/mol. The summed E-state index contributed by atoms with van der Waals surface area (Å²) >= 11 is 6.11. The Morgan fingerprint density at radius 2 is 1.87 bits per heavy atom. The molecule has 3 aromatic rings. The molecule has 1 aromatic heterocycles. The Kier molecular flexibility index (Phi) is 6.65. The summed E-state index contributed by atoms with van der Waals surface area (Å²) in [6, 6.07) is 10.1. The van der Waals surface area contributed by atoms with Crippen molar-refractivity contribution in [3.8, 4) is 11.3 Å². The Hall–Kier alpha value is -3.33. The molecule has 0 aliphatic heterocycles. The predicted molar refractivity (Wildman–Crippen MR) is 110 cm³/mol. The molecule has 0 bridgehead atoms. The van der Waals surface area contributed by atoms with Gasteiger partial charge in [0.2, 0.25) is 11.8 Å². The van der Waals surface area contributed by atoms with E-state index in [1.54, 1.807) is 24.3 Å². The normalized spacial score (nSPS) is 11.3. The lowest BCUT2D eigenvalue weighted by Gasteiger charge is -2.15. The molecule has 0 radical (unpaired) electrons. The summed E-state index contributed by atoms with van der Waals surface area (Å²) in [4.78, 5) is 27.4. The summed E-state index contributed by atoms with van der Waals surface area (Å²) in [5.74, 6) is -0.474. The summed E-state index contributed by atoms with van der Waals surface area (Å²) in [6.45, 7) is 1.18. The number of nitrogens with zero attached hydrogens (tertiary/aromatic N) is 1. The number of anilines is 2. The van der Waals surface area contributed by atoms with E-state index in [1.165, 1.54) is 19.2 Å². The number of rotatable bonds is 6. The molecule has 0 aliphatic carbocycles. The molecule has 0 fully saturated rings. The Morgan fingerprint density at radius 3 is 2.55 bits per heavy atom. The number of carbonyl (C=O) groups excluding carboxylic acids is 2. The van der Waals surface area contributed by atoms with Gasteiger partial charge in [-0.2, -0.15) is 13.2 Å². The largest absolute Gasteiger partial charge is 0.441 e. The van der Waals surface area contributed by atoms with Crippen molar-refractivity contribution in [2.45, 2.75) is 25.9 Å². The van der Waals surface area contributed by atoms with Crippen molar-refractivity contribution >= 4 is 34.8 Å². The summed E-state index contributed by atoms with van der Waals surface area (Å²) in [5, 5.41) is 5.01. The SMILES string of the molecule is CC(=O)Nc1ccc(NC(=O)CCc2ncc(-c3ccccc3Cl)o2)c(C(F)(F)F)c1. The Balaban J connectivity index is 1.67. The molecule has 1 heterocycles. The number of amides is 2. The van der Waals surface area contributed by atoms with Gasteiger partial charge in [-0.25, -0.2) is 4.98 Å². The number of benzene rings is 2. The molecule has 3 rings (SSSR count). The molecule has 31 heavy (non-hydrogen) atoms. The van der Waals surface area contributed by atoms with Gasteiger partial charge in [0.25, 0.3) is 0 Å². The van der Waals surface area contributed by atoms with E-state index in [9.17, 15) is 22.8 Å². The third-order valence-corrected chi connectivity index (χ3v) is 4.51. The molecule has 0 spiro atoms. The Morgan fingerprint density at radius 1 is 1.13 bits per heavy atom. The van der Waals surface area contributed by atoms with Crippen LogP contribution in [0.1, 0.15) is 24.8 Å². The lowest BCUT2D eigenvalue weighted by atomic mass is 10.1. The van der Waals surface area contributed by atoms with E-state index in [2.05, 4.69) is 15.6 Å². The monoisotopic (exact) mass is 451 g/mol. The maximum absolute atomic E-state index is 13.4. The van der Waals surface area contributed by atoms with Crippen molar-refractivity contribution in [3.63, 3.8) is 0 Å². The Labute approximate surface area is 180 Å². The first-order valence-electron chi connectivity index (χ1n) is 9.12. The summed E-state index contributed by atoms with van der Waals surface area (Å²) < 4.78 is 45.7. The van der Waals surface area contributed by atoms with Crippen molar-refractivity contribution in [2.24, 2.45) is 0 Å². The molecule has 0 aliphatic rings. The van der Waals surface area contributed by atoms with Crippen molar-refractivity contribution < 1.29 is 27.2 Å². The first-order chi connectivity index (χ1) is 14.6. The fourth-order valence-electron chi connectivity index (χ4n) is 2.81. The van der Waals surface area contributed by atoms with E-state index in [0.29, 0.717) is 16.3 Å². The van der Waals surface area contributed by atoms with Gasteiger partial charge in [0.05, 0.1) is 22.5 Å². The molecular formula is C21H17ClF3N3O3. The average Bonchev–Trinajstić information content (AvgIpc) is 3.15. The minimum Gasteiger partial charge on any atom is -0.441 e. The van der Waals surface area contributed by atoms with Gasteiger partial charge in [0.15, 0.2) is 11.7 Å². The van der Waals surface area contributed by atoms with Gasteiger partial charge in [-0.15, -0.1) is 0 Å². The zero-order chi connectivity index (χ0) is 22.6. The zero-order valence-electron chi connectivity index (χ0n) is 16.2. The number of aryl methyl sites for hydroxylation is 1. The third kappa shape index (κ3) is 5.85. The maximum Gasteiger partial charge on any atom is 0.418 e. The molecule has 10 heteroatoms. The minimum absolute atomic E-state index is 0.0234. The van der Waals surface area contributed by atoms with Crippen molar-refractivity contribution in [1.82, 2.24) is 4.98 Å². The van der Waals surface area contributed by atoms with Crippen LogP contribution in [0.3, 0.4) is 0 Å². The van der Waals surface area contributed by atoms with E-state index in [1.807, 2.05) is 0 Å². The van der Waals surface area contributed by atoms with Crippen LogP contribution < -0.4 is 10.6 Å². The highest BCUT2D eigenvalue weighted by Gasteiger charge is 2.34. The zero-order valence-corrected chi connectivity index (χ0v) is 17.0. The van der Waals surface area contributed by atoms with Gasteiger partial charge in [-0.05, 0) is 30.3 Å². The minimum atomic E-state index is -4.72. The van der Waals surface area contributed by atoms with Crippen LogP contribution in [-0.4, -0.2) is 16.8 Å². The second-order valence-electron chi connectivity index (χ2n) is 6.59. The lowest BCUT2D eigenvalue weighted by molar-refractivity contribution is -0.137. The van der Waals surface area contributed by atoms with Gasteiger partial charge in [-0.3, -0.25) is 9.59 Å². The van der Waals surface area contributed by atoms with Crippen LogP contribution in [0, 0.1) is 0 Å². The van der Waals surface area contributed by atoms with E-state index in [0.717, 1.165) is 12.1 Å². The van der Waals surface area contributed by atoms with Crippen LogP contribution in [-0.2, 0) is 22.2 Å². The van der Waals surface area contributed by atoms with E-state index < -0.39 is 29.2 Å². The number of halogens is 4. The van der Waals surface area contributed by atoms with Crippen LogP contribution in [0.5, 0.6) is 0 Å². The van der Waals surface area contributed by atoms with Crippen LogP contribution >= 0.6 is 11.6 Å². The molecule has 2 N–H and O–H groups in total. The van der Waals surface area contributed by atoms with Gasteiger partial charge >= 0.3 is 6.18 Å². The molecule has 0 unspecified atom stereocenters. The maximum atomic E-state index is 13.4. The number of alkyl halides is 3. The third-order valence-electron chi connectivity index (χ3n) is 4.18. The van der Waals surface area contributed by atoms with Gasteiger partial charge in [0.1, 0.15) is 0 Å². The highest BCUT2D eigenvalue weighted by molar-refractivity contribution is 6.33. The second-order valence-corrected chi connectivity index (χ2v) is 6.99. The van der Waals surface area contributed by atoms with Crippen LogP contribution in [0.25, 0.3) is 11.3 Å². The number of hydrogen-bond acceptors (Lipinski definition) is 4. The molecule has 6 nitrogen and oxygen atoms in total. The molecule has 0 saturated heterocycles. The van der Waals surface area contributed by atoms with Crippen LogP contribution in [0.2, 0.25) is 5.02 Å². The van der Waals surface area contributed by atoms with Gasteiger partial charge < -0.3 is 15.1 Å². The van der Waals surface area contributed by atoms with Gasteiger partial charge in [0, 0.05) is 31.0 Å². The van der Waals surface area contributed by atoms with Gasteiger partial charge in [-0.1, -0.05) is 23.7 Å². The molecular weight excluding hydrogens is 435 g/mol. The standard InChI is InChI=1S/C21H17ClF3N3O3/c1-12(29)27-13-6-7-17(15(10-13)21(23,24)25)28-19(30)8-9-20-26-11-18(31-20)14-4-2-3-5-16(14)22/h2-7,10-11H,8-9H2,1H3,(H,27,29)(H,28,30). The molecule has 162 valence electrons. The van der Waals surface area contributed by atoms with E-state index in [-0.39, 0.29) is 24.4 Å². The first-order valence-corrected chi connectivity index (χ1v) is 9.49. The first kappa shape index (κ1) is 22.4. The smallest absolute Gasteiger partial charge is 0.418 e. The predicted octanol–water partition coefficient (Wildman–Crippen LogP) is 5.54. The van der Waals surface area contributed by atoms with Crippen molar-refractivity contribution in [1.29, 1.82) is 0 Å². The molecule has 0 saturated carbocycles. The summed E-state index contributed by atoms with van der Waals surface area (Å²) in [6.07, 6.45) is -3.31. The molecule has 2 amide bonds. The number of aromatic nitrogens is 1. The molecule has 2 aromatic carbocycles. The van der Waals surface area contributed by atoms with E-state index in [4.69, 9.17) is 16.0 Å². The molecule has 0 atom stereocenters. The Bertz CT molecular complexity index is 1110. The van der Waals surface area contributed by atoms with Crippen molar-refractivity contribution in [2.75, 3.05) is 10.6 Å². The highest BCUT2D eigenvalue weighted by atomic mass is 35.5. The summed E-state index contributed by atoms with van der Waals surface area (Å²) in [7, 11) is 0. The quantitative estimate of drug-likeness (QED) is 0.515. The lowest BCUT2D eigenvalue weighted by Crippen LogP contribution is -2.17. The number of nitrogens with one attached hydrogen (secondary N) is 2.